The van der Waals surface area contributed by atoms with Gasteiger partial charge in [-0.25, -0.2) is 8.42 Å². The van der Waals surface area contributed by atoms with E-state index in [0.29, 0.717) is 30.0 Å². The number of rotatable bonds is 12. The molecule has 2 amide bonds. The third-order valence-electron chi connectivity index (χ3n) is 6.15. The minimum Gasteiger partial charge on any atom is -0.457 e. The summed E-state index contributed by atoms with van der Waals surface area (Å²) in [5.41, 5.74) is 0.855. The summed E-state index contributed by atoms with van der Waals surface area (Å²) in [7, 11) is -3.82. The Labute approximate surface area is 238 Å². The Morgan fingerprint density at radius 1 is 0.875 bits per heavy atom. The number of hydrogen-bond donors (Lipinski definition) is 1. The summed E-state index contributed by atoms with van der Waals surface area (Å²) in [6.45, 7) is 7.31. The predicted octanol–water partition coefficient (Wildman–Crippen LogP) is 5.01. The van der Waals surface area contributed by atoms with Crippen molar-refractivity contribution in [2.24, 2.45) is 0 Å². The van der Waals surface area contributed by atoms with Gasteiger partial charge in [-0.3, -0.25) is 13.9 Å². The van der Waals surface area contributed by atoms with Crippen molar-refractivity contribution in [1.82, 2.24) is 10.2 Å². The van der Waals surface area contributed by atoms with Gasteiger partial charge in [0.15, 0.2) is 0 Å². The fourth-order valence-electron chi connectivity index (χ4n) is 4.27. The molecule has 0 radical (unpaired) electrons. The average molecular weight is 566 g/mol. The second kappa shape index (κ2) is 13.5. The van der Waals surface area contributed by atoms with Crippen molar-refractivity contribution in [1.29, 1.82) is 0 Å². The number of nitrogens with one attached hydrogen (secondary N) is 1. The molecule has 0 spiro atoms. The topological polar surface area (TPSA) is 96.0 Å². The number of hydrogen-bond acceptors (Lipinski definition) is 5. The van der Waals surface area contributed by atoms with Crippen LogP contribution in [0.3, 0.4) is 0 Å². The second-order valence-electron chi connectivity index (χ2n) is 10.7. The average Bonchev–Trinajstić information content (AvgIpc) is 2.89. The fourth-order valence-corrected chi connectivity index (χ4v) is 5.12. The molecule has 1 atom stereocenters. The van der Waals surface area contributed by atoms with Crippen LogP contribution >= 0.6 is 0 Å². The number of sulfonamides is 1. The number of ether oxygens (including phenoxy) is 1. The summed E-state index contributed by atoms with van der Waals surface area (Å²) in [4.78, 5) is 28.5. The number of nitrogens with zero attached hydrogens (tertiary/aromatic N) is 2. The van der Waals surface area contributed by atoms with Gasteiger partial charge in [-0.2, -0.15) is 0 Å². The molecule has 0 bridgehead atoms. The van der Waals surface area contributed by atoms with Gasteiger partial charge in [0.25, 0.3) is 0 Å². The summed E-state index contributed by atoms with van der Waals surface area (Å²) in [6.07, 6.45) is 1.97. The molecule has 214 valence electrons. The van der Waals surface area contributed by atoms with Crippen LogP contribution in [-0.2, 0) is 26.0 Å². The van der Waals surface area contributed by atoms with Gasteiger partial charge in [0.2, 0.25) is 21.8 Å². The molecule has 0 aliphatic carbocycles. The molecule has 3 rings (SSSR count). The number of anilines is 1. The number of amides is 2. The van der Waals surface area contributed by atoms with Crippen molar-refractivity contribution in [3.63, 3.8) is 0 Å². The van der Waals surface area contributed by atoms with E-state index in [4.69, 9.17) is 4.74 Å². The van der Waals surface area contributed by atoms with Gasteiger partial charge in [0.1, 0.15) is 24.1 Å². The highest BCUT2D eigenvalue weighted by atomic mass is 32.2. The number of para-hydroxylation sites is 1. The van der Waals surface area contributed by atoms with Crippen LogP contribution in [0.1, 0.15) is 39.7 Å². The van der Waals surface area contributed by atoms with Crippen molar-refractivity contribution in [2.75, 3.05) is 23.7 Å². The first-order valence-corrected chi connectivity index (χ1v) is 15.2. The molecule has 0 aliphatic heterocycles. The van der Waals surface area contributed by atoms with E-state index in [1.165, 1.54) is 4.90 Å². The van der Waals surface area contributed by atoms with Crippen molar-refractivity contribution >= 4 is 27.5 Å². The third kappa shape index (κ3) is 9.12. The standard InChI is InChI=1S/C31H39N3O5S/c1-6-28(30(36)32-31(2,3)4)33(22-21-24-13-9-7-10-14-24)29(35)23-34(40(5,37)38)25-17-19-27(20-18-25)39-26-15-11-8-12-16-26/h7-20,28H,6,21-23H2,1-5H3,(H,32,36)/t28-/m1/s1. The summed E-state index contributed by atoms with van der Waals surface area (Å²) in [5.74, 6) is 0.453. The van der Waals surface area contributed by atoms with E-state index in [1.807, 2.05) is 88.4 Å². The van der Waals surface area contributed by atoms with E-state index in [1.54, 1.807) is 24.3 Å². The molecule has 0 heterocycles. The van der Waals surface area contributed by atoms with Crippen molar-refractivity contribution in [3.8, 4) is 11.5 Å². The number of carbonyl (C=O) groups is 2. The normalized spacial score (nSPS) is 12.3. The molecule has 3 aromatic rings. The first kappa shape index (κ1) is 30.7. The molecular formula is C31H39N3O5S. The van der Waals surface area contributed by atoms with Gasteiger partial charge in [-0.15, -0.1) is 0 Å². The van der Waals surface area contributed by atoms with E-state index in [-0.39, 0.29) is 12.5 Å². The van der Waals surface area contributed by atoms with Crippen molar-refractivity contribution in [2.45, 2.75) is 52.1 Å². The van der Waals surface area contributed by atoms with Crippen LogP contribution in [0, 0.1) is 0 Å². The molecular weight excluding hydrogens is 526 g/mol. The van der Waals surface area contributed by atoms with Crippen LogP contribution in [0.2, 0.25) is 0 Å². The Bertz CT molecular complexity index is 1360. The molecule has 3 aromatic carbocycles. The summed E-state index contributed by atoms with van der Waals surface area (Å²) < 4.78 is 32.6. The molecule has 9 heteroatoms. The lowest BCUT2D eigenvalue weighted by Crippen LogP contribution is -2.56. The molecule has 0 saturated heterocycles. The molecule has 0 fully saturated rings. The fraction of sp³-hybridized carbons (Fsp3) is 0.355. The third-order valence-corrected chi connectivity index (χ3v) is 7.29. The van der Waals surface area contributed by atoms with Gasteiger partial charge in [0, 0.05) is 12.1 Å². The van der Waals surface area contributed by atoms with Gasteiger partial charge in [-0.1, -0.05) is 55.5 Å². The number of carbonyl (C=O) groups excluding carboxylic acids is 2. The highest BCUT2D eigenvalue weighted by Crippen LogP contribution is 2.26. The first-order chi connectivity index (χ1) is 18.9. The maximum atomic E-state index is 13.8. The Hall–Kier alpha value is -3.85. The summed E-state index contributed by atoms with van der Waals surface area (Å²) in [5, 5.41) is 2.97. The zero-order valence-electron chi connectivity index (χ0n) is 23.8. The Balaban J connectivity index is 1.86. The van der Waals surface area contributed by atoms with Crippen LogP contribution in [0.15, 0.2) is 84.9 Å². The minimum absolute atomic E-state index is 0.264. The highest BCUT2D eigenvalue weighted by Gasteiger charge is 2.32. The molecule has 0 saturated carbocycles. The van der Waals surface area contributed by atoms with E-state index >= 15 is 0 Å². The van der Waals surface area contributed by atoms with E-state index in [2.05, 4.69) is 5.32 Å². The molecule has 40 heavy (non-hydrogen) atoms. The van der Waals surface area contributed by atoms with E-state index < -0.39 is 34.1 Å². The Kier molecular flexibility index (Phi) is 10.3. The number of benzene rings is 3. The van der Waals surface area contributed by atoms with Crippen molar-refractivity contribution in [3.05, 3.63) is 90.5 Å². The summed E-state index contributed by atoms with van der Waals surface area (Å²) in [6, 6.07) is 24.7. The monoisotopic (exact) mass is 565 g/mol. The molecule has 8 nitrogen and oxygen atoms in total. The lowest BCUT2D eigenvalue weighted by atomic mass is 10.1. The second-order valence-corrected chi connectivity index (χ2v) is 12.6. The molecule has 0 aromatic heterocycles. The maximum Gasteiger partial charge on any atom is 0.244 e. The van der Waals surface area contributed by atoms with Crippen LogP contribution in [0.4, 0.5) is 5.69 Å². The Morgan fingerprint density at radius 2 is 1.43 bits per heavy atom. The van der Waals surface area contributed by atoms with Crippen LogP contribution in [0.25, 0.3) is 0 Å². The maximum absolute atomic E-state index is 13.8. The van der Waals surface area contributed by atoms with Crippen LogP contribution < -0.4 is 14.4 Å². The Morgan fingerprint density at radius 3 is 1.95 bits per heavy atom. The lowest BCUT2D eigenvalue weighted by molar-refractivity contribution is -0.140. The van der Waals surface area contributed by atoms with Crippen molar-refractivity contribution < 1.29 is 22.7 Å². The smallest absolute Gasteiger partial charge is 0.244 e. The van der Waals surface area contributed by atoms with Crippen LogP contribution in [-0.4, -0.2) is 56.1 Å². The molecule has 1 N–H and O–H groups in total. The first-order valence-electron chi connectivity index (χ1n) is 13.3. The largest absolute Gasteiger partial charge is 0.457 e. The van der Waals surface area contributed by atoms with Gasteiger partial charge >= 0.3 is 0 Å². The van der Waals surface area contributed by atoms with E-state index in [9.17, 15) is 18.0 Å². The predicted molar refractivity (Wildman–Crippen MR) is 159 cm³/mol. The highest BCUT2D eigenvalue weighted by molar-refractivity contribution is 7.92. The molecule has 0 unspecified atom stereocenters. The van der Waals surface area contributed by atoms with Crippen LogP contribution in [0.5, 0.6) is 11.5 Å². The minimum atomic E-state index is -3.82. The zero-order chi connectivity index (χ0) is 29.3. The van der Waals surface area contributed by atoms with Gasteiger partial charge in [-0.05, 0) is 75.6 Å². The van der Waals surface area contributed by atoms with Gasteiger partial charge < -0.3 is 15.0 Å². The zero-order valence-corrected chi connectivity index (χ0v) is 24.6. The lowest BCUT2D eigenvalue weighted by Gasteiger charge is -2.34. The molecule has 0 aliphatic rings. The summed E-state index contributed by atoms with van der Waals surface area (Å²) >= 11 is 0. The quantitative estimate of drug-likeness (QED) is 0.333. The SMILES string of the molecule is CC[C@H](C(=O)NC(C)(C)C)N(CCc1ccccc1)C(=O)CN(c1ccc(Oc2ccccc2)cc1)S(C)(=O)=O. The van der Waals surface area contributed by atoms with Gasteiger partial charge in [0.05, 0.1) is 11.9 Å². The van der Waals surface area contributed by atoms with E-state index in [0.717, 1.165) is 16.1 Å².